The van der Waals surface area contributed by atoms with E-state index in [9.17, 15) is 0 Å². The van der Waals surface area contributed by atoms with Crippen molar-refractivity contribution in [2.75, 3.05) is 0 Å². The predicted molar refractivity (Wildman–Crippen MR) is 36.6 cm³/mol. The first-order valence-corrected chi connectivity index (χ1v) is 1.86. The molecule has 0 amide bonds. The van der Waals surface area contributed by atoms with Gasteiger partial charge < -0.3 is 10.2 Å². The number of carboxylic acids is 2. The Hall–Kier alpha value is 0.0958. The molecule has 0 radical (unpaired) electrons. The van der Waals surface area contributed by atoms with E-state index in [0.29, 0.717) is 0 Å². The van der Waals surface area contributed by atoms with Gasteiger partial charge in [-0.15, -0.1) is 0 Å². The normalized spacial score (nSPS) is 5.00. The summed E-state index contributed by atoms with van der Waals surface area (Å²) in [4.78, 5) is 18.0. The molecule has 0 saturated heterocycles. The van der Waals surface area contributed by atoms with Crippen molar-refractivity contribution < 1.29 is 39.3 Å². The predicted octanol–water partition coefficient (Wildman–Crippen LogP) is -1.00. The first-order valence-electron chi connectivity index (χ1n) is 1.86. The summed E-state index contributed by atoms with van der Waals surface area (Å²) < 4.78 is 0. The Morgan fingerprint density at radius 3 is 1.00 bits per heavy atom. The smallest absolute Gasteiger partial charge is 0.300 e. The minimum absolute atomic E-state index is 0. The van der Waals surface area contributed by atoms with E-state index < -0.39 is 11.9 Å². The fraction of sp³-hybridized carbons (Fsp3) is 0.500. The topological polar surface area (TPSA) is 74.6 Å². The Morgan fingerprint density at radius 1 is 1.00 bits per heavy atom. The van der Waals surface area contributed by atoms with Gasteiger partial charge >= 0.3 is 0 Å². The maximum atomic E-state index is 9.00. The van der Waals surface area contributed by atoms with Crippen LogP contribution in [0, 0.1) is 0 Å². The Balaban J connectivity index is -0.0000000300. The van der Waals surface area contributed by atoms with E-state index in [1.54, 1.807) is 0 Å². The van der Waals surface area contributed by atoms with E-state index in [-0.39, 0.29) is 36.8 Å². The van der Waals surface area contributed by atoms with E-state index in [1.807, 2.05) is 0 Å². The maximum absolute atomic E-state index is 9.00. The molecule has 6 heteroatoms. The third kappa shape index (κ3) is 44400. The summed E-state index contributed by atoms with van der Waals surface area (Å²) in [6.07, 6.45) is 0. The van der Waals surface area contributed by atoms with Crippen molar-refractivity contribution >= 4 is 29.3 Å². The second-order valence-corrected chi connectivity index (χ2v) is 1.04. The van der Waals surface area contributed by atoms with E-state index in [4.69, 9.17) is 19.8 Å². The SMILES string of the molecule is CC(=O)O.CC(=O)O.[AlH3].[Zn]. The van der Waals surface area contributed by atoms with Gasteiger partial charge in [-0.1, -0.05) is 0 Å². The van der Waals surface area contributed by atoms with Crippen LogP contribution in [-0.2, 0) is 29.1 Å². The van der Waals surface area contributed by atoms with Crippen LogP contribution in [0.5, 0.6) is 0 Å². The molecule has 0 aromatic heterocycles. The van der Waals surface area contributed by atoms with Gasteiger partial charge in [0.05, 0.1) is 0 Å². The van der Waals surface area contributed by atoms with Crippen LogP contribution in [0.1, 0.15) is 13.8 Å². The molecule has 0 bridgehead atoms. The zero-order chi connectivity index (χ0) is 7.15. The zero-order valence-electron chi connectivity index (χ0n) is 5.42. The summed E-state index contributed by atoms with van der Waals surface area (Å²) in [5, 5.41) is 14.8. The molecule has 10 heavy (non-hydrogen) atoms. The molecule has 0 rings (SSSR count). The molecule has 0 heterocycles. The number of carboxylic acid groups (broad SMARTS) is 2. The van der Waals surface area contributed by atoms with Crippen molar-refractivity contribution in [3.63, 3.8) is 0 Å². The van der Waals surface area contributed by atoms with Gasteiger partial charge in [-0.3, -0.25) is 9.59 Å². The molecule has 56 valence electrons. The van der Waals surface area contributed by atoms with E-state index in [0.717, 1.165) is 13.8 Å². The molecule has 0 aromatic carbocycles. The number of aliphatic carboxylic acids is 2. The fourth-order valence-electron chi connectivity index (χ4n) is 0. The molecule has 2 N–H and O–H groups in total. The Kier molecular flexibility index (Phi) is 36.1. The molecule has 0 aliphatic heterocycles. The maximum Gasteiger partial charge on any atom is 0.300 e. The van der Waals surface area contributed by atoms with Crippen LogP contribution < -0.4 is 0 Å². The van der Waals surface area contributed by atoms with Crippen molar-refractivity contribution in [1.29, 1.82) is 0 Å². The number of hydrogen-bond acceptors (Lipinski definition) is 2. The zero-order valence-corrected chi connectivity index (χ0v) is 8.39. The van der Waals surface area contributed by atoms with Gasteiger partial charge in [0.15, 0.2) is 17.4 Å². The van der Waals surface area contributed by atoms with E-state index in [2.05, 4.69) is 0 Å². The summed E-state index contributed by atoms with van der Waals surface area (Å²) in [6.45, 7) is 2.17. The van der Waals surface area contributed by atoms with Crippen molar-refractivity contribution in [1.82, 2.24) is 0 Å². The van der Waals surface area contributed by atoms with Gasteiger partial charge in [0.25, 0.3) is 11.9 Å². The molecule has 0 atom stereocenters. The molecule has 0 aliphatic carbocycles. The molecular formula is C4H11AlO4Zn. The number of hydrogen-bond donors (Lipinski definition) is 2. The molecule has 0 unspecified atom stereocenters. The van der Waals surface area contributed by atoms with Crippen LogP contribution >= 0.6 is 0 Å². The minimum Gasteiger partial charge on any atom is -0.481 e. The molecule has 0 saturated carbocycles. The van der Waals surface area contributed by atoms with Crippen LogP contribution in [0.25, 0.3) is 0 Å². The third-order valence-electron chi connectivity index (χ3n) is 0. The third-order valence-corrected chi connectivity index (χ3v) is 0. The van der Waals surface area contributed by atoms with Gasteiger partial charge in [-0.05, 0) is 0 Å². The summed E-state index contributed by atoms with van der Waals surface area (Å²) in [7, 11) is 0. The molecular weight excluding hydrogens is 204 g/mol. The molecule has 0 aliphatic rings. The summed E-state index contributed by atoms with van der Waals surface area (Å²) in [5.41, 5.74) is 0. The average Bonchev–Trinajstić information content (AvgIpc) is 1.25. The van der Waals surface area contributed by atoms with Gasteiger partial charge in [-0.25, -0.2) is 0 Å². The quantitative estimate of drug-likeness (QED) is 0.508. The van der Waals surface area contributed by atoms with Crippen molar-refractivity contribution in [2.45, 2.75) is 13.8 Å². The first kappa shape index (κ1) is 22.5. The van der Waals surface area contributed by atoms with Gasteiger partial charge in [-0.2, -0.15) is 0 Å². The van der Waals surface area contributed by atoms with Crippen molar-refractivity contribution in [3.05, 3.63) is 0 Å². The number of rotatable bonds is 0. The molecule has 4 nitrogen and oxygen atoms in total. The van der Waals surface area contributed by atoms with Crippen LogP contribution in [0.4, 0.5) is 0 Å². The summed E-state index contributed by atoms with van der Waals surface area (Å²) in [6, 6.07) is 0. The fourth-order valence-corrected chi connectivity index (χ4v) is 0. The van der Waals surface area contributed by atoms with Gasteiger partial charge in [0, 0.05) is 33.3 Å². The summed E-state index contributed by atoms with van der Waals surface area (Å²) in [5.74, 6) is -1.67. The largest absolute Gasteiger partial charge is 0.481 e. The van der Waals surface area contributed by atoms with Gasteiger partial charge in [0.2, 0.25) is 0 Å². The van der Waals surface area contributed by atoms with Gasteiger partial charge in [0.1, 0.15) is 0 Å². The van der Waals surface area contributed by atoms with Crippen molar-refractivity contribution in [2.24, 2.45) is 0 Å². The van der Waals surface area contributed by atoms with E-state index >= 15 is 0 Å². The van der Waals surface area contributed by atoms with Crippen LogP contribution in [0.15, 0.2) is 0 Å². The van der Waals surface area contributed by atoms with Crippen LogP contribution in [0.2, 0.25) is 0 Å². The molecule has 0 aromatic rings. The summed E-state index contributed by atoms with van der Waals surface area (Å²) >= 11 is 0. The second-order valence-electron chi connectivity index (χ2n) is 1.04. The monoisotopic (exact) mass is 214 g/mol. The van der Waals surface area contributed by atoms with Crippen LogP contribution in [-0.4, -0.2) is 39.5 Å². The standard InChI is InChI=1S/2C2H4O2.Al.Zn.3H/c2*1-2(3)4;;;;;/h2*1H3,(H,3,4);;;;;. The Morgan fingerprint density at radius 2 is 1.00 bits per heavy atom. The Bertz CT molecular complexity index is 75.3. The number of carbonyl (C=O) groups is 2. The van der Waals surface area contributed by atoms with Crippen molar-refractivity contribution in [3.8, 4) is 0 Å². The van der Waals surface area contributed by atoms with Crippen LogP contribution in [0.3, 0.4) is 0 Å². The molecule has 0 fully saturated rings. The first-order chi connectivity index (χ1) is 3.46. The second kappa shape index (κ2) is 16.0. The Labute approximate surface area is 82.5 Å². The minimum atomic E-state index is -0.833. The molecule has 0 spiro atoms. The average molecular weight is 216 g/mol. The van der Waals surface area contributed by atoms with E-state index in [1.165, 1.54) is 0 Å².